The Kier molecular flexibility index (Phi) is 9.24. The van der Waals surface area contributed by atoms with Gasteiger partial charge in [0.1, 0.15) is 10.7 Å². The van der Waals surface area contributed by atoms with Gasteiger partial charge in [-0.2, -0.15) is 0 Å². The second-order valence-electron chi connectivity index (χ2n) is 9.55. The van der Waals surface area contributed by atoms with Crippen LogP contribution >= 0.6 is 23.2 Å². The average molecular weight is 580 g/mol. The number of hydrogen-bond donors (Lipinski definition) is 2. The molecule has 0 unspecified atom stereocenters. The number of esters is 1. The van der Waals surface area contributed by atoms with Crippen molar-refractivity contribution in [3.63, 3.8) is 0 Å². The monoisotopic (exact) mass is 579 g/mol. The molecule has 206 valence electrons. The third-order valence-electron chi connectivity index (χ3n) is 6.01. The Labute approximate surface area is 241 Å². The molecular formula is C30H27Cl2N3O5. The van der Waals surface area contributed by atoms with Gasteiger partial charge >= 0.3 is 5.97 Å². The molecule has 0 saturated heterocycles. The van der Waals surface area contributed by atoms with Gasteiger partial charge in [-0.1, -0.05) is 67.4 Å². The number of amides is 3. The summed E-state index contributed by atoms with van der Waals surface area (Å²) in [6.07, 6.45) is 0. The summed E-state index contributed by atoms with van der Waals surface area (Å²) in [5.74, 6) is -1.63. The van der Waals surface area contributed by atoms with Crippen LogP contribution in [0.5, 0.6) is 0 Å². The Hall–Kier alpha value is -4.14. The van der Waals surface area contributed by atoms with E-state index < -0.39 is 17.8 Å². The van der Waals surface area contributed by atoms with Gasteiger partial charge in [0.05, 0.1) is 18.7 Å². The van der Waals surface area contributed by atoms with Gasteiger partial charge in [0.15, 0.2) is 0 Å². The highest BCUT2D eigenvalue weighted by Crippen LogP contribution is 2.26. The third kappa shape index (κ3) is 6.89. The highest BCUT2D eigenvalue weighted by atomic mass is 35.5. The van der Waals surface area contributed by atoms with E-state index in [2.05, 4.69) is 10.6 Å². The van der Waals surface area contributed by atoms with E-state index in [1.165, 1.54) is 0 Å². The van der Waals surface area contributed by atoms with Crippen molar-refractivity contribution in [3.8, 4) is 0 Å². The zero-order valence-corrected chi connectivity index (χ0v) is 23.4. The van der Waals surface area contributed by atoms with E-state index in [-0.39, 0.29) is 35.6 Å². The number of benzene rings is 3. The largest absolute Gasteiger partial charge is 0.462 e. The highest BCUT2D eigenvalue weighted by Gasteiger charge is 2.37. The number of rotatable bonds is 10. The minimum atomic E-state index is -0.596. The molecule has 1 heterocycles. The summed E-state index contributed by atoms with van der Waals surface area (Å²) in [4.78, 5) is 51.3. The molecule has 8 nitrogen and oxygen atoms in total. The van der Waals surface area contributed by atoms with Gasteiger partial charge in [0.2, 0.25) is 0 Å². The molecule has 2 N–H and O–H groups in total. The number of carbonyl (C=O) groups is 4. The molecule has 4 rings (SSSR count). The fraction of sp³-hybridized carbons (Fsp3) is 0.200. The first-order valence-corrected chi connectivity index (χ1v) is 13.3. The van der Waals surface area contributed by atoms with Crippen LogP contribution in [0.15, 0.2) is 83.5 Å². The summed E-state index contributed by atoms with van der Waals surface area (Å²) in [6, 6.07) is 20.2. The number of carbonyl (C=O) groups excluding carboxylic acids is 4. The lowest BCUT2D eigenvalue weighted by Gasteiger charge is -2.16. The predicted molar refractivity (Wildman–Crippen MR) is 153 cm³/mol. The number of hydrogen-bond acceptors (Lipinski definition) is 6. The van der Waals surface area contributed by atoms with Crippen molar-refractivity contribution in [2.45, 2.75) is 26.9 Å². The molecule has 0 saturated carbocycles. The van der Waals surface area contributed by atoms with Crippen LogP contribution in [0.2, 0.25) is 5.02 Å². The number of nitrogens with zero attached hydrogens (tertiary/aromatic N) is 1. The van der Waals surface area contributed by atoms with Crippen molar-refractivity contribution in [1.29, 1.82) is 0 Å². The van der Waals surface area contributed by atoms with Crippen LogP contribution in [0.25, 0.3) is 0 Å². The number of halogens is 2. The van der Waals surface area contributed by atoms with E-state index in [4.69, 9.17) is 27.9 Å². The van der Waals surface area contributed by atoms with E-state index in [1.54, 1.807) is 72.8 Å². The van der Waals surface area contributed by atoms with Gasteiger partial charge in [-0.15, -0.1) is 0 Å². The maximum atomic E-state index is 12.9. The van der Waals surface area contributed by atoms with Crippen LogP contribution in [-0.2, 0) is 27.4 Å². The summed E-state index contributed by atoms with van der Waals surface area (Å²) in [6.45, 7) is 4.47. The normalized spacial score (nSPS) is 13.2. The first-order chi connectivity index (χ1) is 19.1. The van der Waals surface area contributed by atoms with Crippen molar-refractivity contribution in [3.05, 3.63) is 111 Å². The van der Waals surface area contributed by atoms with Crippen LogP contribution < -0.4 is 10.6 Å². The molecule has 0 aliphatic carbocycles. The number of imide groups is 1. The van der Waals surface area contributed by atoms with Gasteiger partial charge < -0.3 is 15.4 Å². The quantitative estimate of drug-likeness (QED) is 0.242. The molecule has 10 heteroatoms. The Morgan fingerprint density at radius 2 is 1.52 bits per heavy atom. The molecule has 0 fully saturated rings. The summed E-state index contributed by atoms with van der Waals surface area (Å²) >= 11 is 12.4. The molecule has 0 radical (unpaired) electrons. The second-order valence-corrected chi connectivity index (χ2v) is 10.3. The lowest BCUT2D eigenvalue weighted by Crippen LogP contribution is -2.33. The molecule has 3 amide bonds. The van der Waals surface area contributed by atoms with Crippen molar-refractivity contribution in [2.75, 3.05) is 11.9 Å². The van der Waals surface area contributed by atoms with Crippen LogP contribution in [-0.4, -0.2) is 35.2 Å². The van der Waals surface area contributed by atoms with Crippen LogP contribution in [0.4, 0.5) is 5.69 Å². The molecular weight excluding hydrogens is 553 g/mol. The van der Waals surface area contributed by atoms with E-state index >= 15 is 0 Å². The van der Waals surface area contributed by atoms with Gasteiger partial charge in [-0.05, 0) is 59.5 Å². The molecule has 1 aliphatic heterocycles. The highest BCUT2D eigenvalue weighted by molar-refractivity contribution is 6.47. The minimum absolute atomic E-state index is 0.00744. The SMILES string of the molecule is CC(C)COC(=O)c1ccc(NC(=O)c2ccc(CNC3=C(Cl)C(=O)N(Cc4ccccc4Cl)C3=O)cc2)cc1. The average Bonchev–Trinajstić information content (AvgIpc) is 3.14. The fourth-order valence-corrected chi connectivity index (χ4v) is 4.27. The summed E-state index contributed by atoms with van der Waals surface area (Å²) in [5.41, 5.74) is 2.76. The Bertz CT molecular complexity index is 1470. The van der Waals surface area contributed by atoms with Crippen molar-refractivity contribution in [2.24, 2.45) is 5.92 Å². The number of nitrogens with one attached hydrogen (secondary N) is 2. The molecule has 40 heavy (non-hydrogen) atoms. The first-order valence-electron chi connectivity index (χ1n) is 12.5. The van der Waals surface area contributed by atoms with Gasteiger partial charge in [-0.25, -0.2) is 4.79 Å². The predicted octanol–water partition coefficient (Wildman–Crippen LogP) is 5.51. The van der Waals surface area contributed by atoms with Gasteiger partial charge in [0.25, 0.3) is 17.7 Å². The van der Waals surface area contributed by atoms with Gasteiger partial charge in [0, 0.05) is 22.8 Å². The topological polar surface area (TPSA) is 105 Å². The number of anilines is 1. The van der Waals surface area contributed by atoms with Crippen LogP contribution in [0, 0.1) is 5.92 Å². The maximum absolute atomic E-state index is 12.9. The standard InChI is InChI=1S/C30H27Cl2N3O5/c1-18(2)17-40-30(39)21-11-13-23(14-12-21)34-27(36)20-9-7-19(8-10-20)15-33-26-25(32)28(37)35(29(26)38)16-22-5-3-4-6-24(22)31/h3-14,18,33H,15-17H2,1-2H3,(H,34,36). The molecule has 0 atom stereocenters. The van der Waals surface area contributed by atoms with Gasteiger partial charge in [-0.3, -0.25) is 19.3 Å². The summed E-state index contributed by atoms with van der Waals surface area (Å²) in [7, 11) is 0. The molecule has 3 aromatic rings. The molecule has 0 aromatic heterocycles. The molecule has 0 spiro atoms. The van der Waals surface area contributed by atoms with Crippen molar-refractivity contribution < 1.29 is 23.9 Å². The first kappa shape index (κ1) is 28.9. The zero-order valence-electron chi connectivity index (χ0n) is 21.9. The number of ether oxygens (including phenoxy) is 1. The summed E-state index contributed by atoms with van der Waals surface area (Å²) < 4.78 is 5.21. The lowest BCUT2D eigenvalue weighted by atomic mass is 10.1. The smallest absolute Gasteiger partial charge is 0.338 e. The Morgan fingerprint density at radius 1 is 0.875 bits per heavy atom. The lowest BCUT2D eigenvalue weighted by molar-refractivity contribution is -0.138. The van der Waals surface area contributed by atoms with Crippen LogP contribution in [0.3, 0.4) is 0 Å². The van der Waals surface area contributed by atoms with E-state index in [1.807, 2.05) is 13.8 Å². The fourth-order valence-electron chi connectivity index (χ4n) is 3.82. The van der Waals surface area contributed by atoms with Crippen molar-refractivity contribution in [1.82, 2.24) is 10.2 Å². The zero-order chi connectivity index (χ0) is 28.8. The van der Waals surface area contributed by atoms with E-state index in [0.29, 0.717) is 34.0 Å². The van der Waals surface area contributed by atoms with Crippen molar-refractivity contribution >= 4 is 52.6 Å². The summed E-state index contributed by atoms with van der Waals surface area (Å²) in [5, 5.41) is 5.99. The third-order valence-corrected chi connectivity index (χ3v) is 6.73. The molecule has 0 bridgehead atoms. The van der Waals surface area contributed by atoms with E-state index in [9.17, 15) is 19.2 Å². The Morgan fingerprint density at radius 3 is 2.17 bits per heavy atom. The van der Waals surface area contributed by atoms with Crippen LogP contribution in [0.1, 0.15) is 45.7 Å². The maximum Gasteiger partial charge on any atom is 0.338 e. The molecule has 1 aliphatic rings. The second kappa shape index (κ2) is 12.8. The molecule has 3 aromatic carbocycles. The Balaban J connectivity index is 1.32. The minimum Gasteiger partial charge on any atom is -0.462 e. The van der Waals surface area contributed by atoms with E-state index in [0.717, 1.165) is 10.5 Å².